The van der Waals surface area contributed by atoms with Gasteiger partial charge in [0.05, 0.1) is 5.52 Å². The number of hydrogen-bond acceptors (Lipinski definition) is 1. The summed E-state index contributed by atoms with van der Waals surface area (Å²) in [5, 5.41) is 11.9. The molecule has 0 aliphatic heterocycles. The molecular weight excluding hydrogens is 150 g/mol. The molecule has 0 fully saturated rings. The van der Waals surface area contributed by atoms with Gasteiger partial charge in [-0.15, -0.1) is 0 Å². The van der Waals surface area contributed by atoms with Crippen LogP contribution in [-0.2, 0) is 5.11 Å². The first-order chi connectivity index (χ1) is 5.75. The highest BCUT2D eigenvalue weighted by molar-refractivity contribution is 5.79. The van der Waals surface area contributed by atoms with E-state index >= 15 is 0 Å². The zero-order valence-corrected chi connectivity index (χ0v) is 6.74. The fourth-order valence-corrected chi connectivity index (χ4v) is 1.21. The topological polar surface area (TPSA) is 32.8 Å². The molecule has 1 aromatic heterocycles. The van der Waals surface area contributed by atoms with Crippen LogP contribution in [0.15, 0.2) is 30.3 Å². The molecule has 0 bridgehead atoms. The molecule has 59 valence electrons. The number of fused-ring (bicyclic) bond motifs is 1. The van der Waals surface area contributed by atoms with E-state index in [9.17, 15) is 5.11 Å². The first kappa shape index (κ1) is 7.10. The molecule has 2 aromatic rings. The third kappa shape index (κ3) is 1.11. The Hall–Kier alpha value is -1.57. The minimum Gasteiger partial charge on any atom is -0.267 e. The molecule has 2 heteroatoms. The number of aryl methyl sites for hydroxylation is 1. The maximum Gasteiger partial charge on any atom is 0.270 e. The Labute approximate surface area is 70.5 Å². The van der Waals surface area contributed by atoms with Crippen LogP contribution in [0, 0.1) is 6.92 Å². The average molecular weight is 158 g/mol. The first-order valence-electron chi connectivity index (χ1n) is 3.80. The normalized spacial score (nSPS) is 10.4. The molecule has 0 N–H and O–H groups in total. The van der Waals surface area contributed by atoms with Gasteiger partial charge in [-0.05, 0) is 24.6 Å². The second kappa shape index (κ2) is 2.48. The summed E-state index contributed by atoms with van der Waals surface area (Å²) >= 11 is 0. The molecule has 0 amide bonds. The van der Waals surface area contributed by atoms with E-state index in [1.807, 2.05) is 25.1 Å². The third-order valence-electron chi connectivity index (χ3n) is 1.82. The number of hydrogen-bond donors (Lipinski definition) is 0. The van der Waals surface area contributed by atoms with Crippen molar-refractivity contribution in [2.24, 2.45) is 0 Å². The van der Waals surface area contributed by atoms with E-state index in [2.05, 4.69) is 4.98 Å². The van der Waals surface area contributed by atoms with Crippen LogP contribution < -0.4 is 0 Å². The SMILES string of the molecule is Cc1ccc2ccc([O])nc2c1. The zero-order chi connectivity index (χ0) is 8.55. The van der Waals surface area contributed by atoms with Gasteiger partial charge in [-0.3, -0.25) is 5.11 Å². The summed E-state index contributed by atoms with van der Waals surface area (Å²) < 4.78 is 0. The van der Waals surface area contributed by atoms with E-state index < -0.39 is 0 Å². The maximum absolute atomic E-state index is 10.9. The van der Waals surface area contributed by atoms with Crippen LogP contribution in [0.5, 0.6) is 5.88 Å². The molecule has 0 saturated carbocycles. The molecular formula is C10H8NO. The average Bonchev–Trinajstić information content (AvgIpc) is 2.03. The molecule has 1 aromatic carbocycles. The van der Waals surface area contributed by atoms with Crippen molar-refractivity contribution >= 4 is 10.9 Å². The van der Waals surface area contributed by atoms with Crippen LogP contribution in [0.2, 0.25) is 0 Å². The van der Waals surface area contributed by atoms with Crippen LogP contribution in [0.4, 0.5) is 0 Å². The van der Waals surface area contributed by atoms with Gasteiger partial charge in [-0.1, -0.05) is 12.1 Å². The van der Waals surface area contributed by atoms with Gasteiger partial charge in [0, 0.05) is 11.5 Å². The molecule has 0 aliphatic carbocycles. The lowest BCUT2D eigenvalue weighted by Gasteiger charge is -1.96. The van der Waals surface area contributed by atoms with Gasteiger partial charge in [-0.2, -0.15) is 0 Å². The van der Waals surface area contributed by atoms with E-state index in [4.69, 9.17) is 0 Å². The van der Waals surface area contributed by atoms with E-state index in [-0.39, 0.29) is 5.88 Å². The van der Waals surface area contributed by atoms with Gasteiger partial charge in [-0.25, -0.2) is 4.98 Å². The van der Waals surface area contributed by atoms with Gasteiger partial charge >= 0.3 is 0 Å². The van der Waals surface area contributed by atoms with Gasteiger partial charge < -0.3 is 0 Å². The van der Waals surface area contributed by atoms with Crippen molar-refractivity contribution in [1.29, 1.82) is 0 Å². The number of pyridine rings is 1. The van der Waals surface area contributed by atoms with E-state index in [1.165, 1.54) is 6.07 Å². The molecule has 0 atom stereocenters. The maximum atomic E-state index is 10.9. The van der Waals surface area contributed by atoms with E-state index in [1.54, 1.807) is 6.07 Å². The lowest BCUT2D eigenvalue weighted by molar-refractivity contribution is 0.339. The van der Waals surface area contributed by atoms with Gasteiger partial charge in [0.1, 0.15) is 0 Å². The van der Waals surface area contributed by atoms with Crippen molar-refractivity contribution in [3.8, 4) is 5.88 Å². The molecule has 0 spiro atoms. The van der Waals surface area contributed by atoms with Gasteiger partial charge in [0.25, 0.3) is 5.88 Å². The number of rotatable bonds is 0. The molecule has 1 heterocycles. The largest absolute Gasteiger partial charge is 0.270 e. The summed E-state index contributed by atoms with van der Waals surface area (Å²) in [7, 11) is 0. The second-order valence-corrected chi connectivity index (χ2v) is 2.85. The molecule has 1 radical (unpaired) electrons. The summed E-state index contributed by atoms with van der Waals surface area (Å²) in [6.45, 7) is 1.98. The monoisotopic (exact) mass is 158 g/mol. The Morgan fingerprint density at radius 2 is 1.92 bits per heavy atom. The summed E-state index contributed by atoms with van der Waals surface area (Å²) in [5.74, 6) is -0.173. The highest BCUT2D eigenvalue weighted by Crippen LogP contribution is 2.16. The van der Waals surface area contributed by atoms with Crippen molar-refractivity contribution in [3.05, 3.63) is 35.9 Å². The lowest BCUT2D eigenvalue weighted by atomic mass is 10.1. The first-order valence-corrected chi connectivity index (χ1v) is 3.80. The molecule has 0 aliphatic rings. The number of benzene rings is 1. The zero-order valence-electron chi connectivity index (χ0n) is 6.74. The second-order valence-electron chi connectivity index (χ2n) is 2.85. The summed E-state index contributed by atoms with van der Waals surface area (Å²) in [5.41, 5.74) is 1.91. The Morgan fingerprint density at radius 1 is 1.17 bits per heavy atom. The van der Waals surface area contributed by atoms with Crippen LogP contribution in [0.3, 0.4) is 0 Å². The summed E-state index contributed by atoms with van der Waals surface area (Å²) in [6, 6.07) is 9.17. The highest BCUT2D eigenvalue weighted by Gasteiger charge is 1.96. The van der Waals surface area contributed by atoms with Crippen molar-refractivity contribution in [2.45, 2.75) is 6.92 Å². The Morgan fingerprint density at radius 3 is 2.75 bits per heavy atom. The fourth-order valence-electron chi connectivity index (χ4n) is 1.21. The van der Waals surface area contributed by atoms with Crippen molar-refractivity contribution < 1.29 is 5.11 Å². The summed E-state index contributed by atoms with van der Waals surface area (Å²) in [4.78, 5) is 3.88. The standard InChI is InChI=1S/C10H8NO/c1-7-2-3-8-4-5-10(12)11-9(8)6-7/h2-6H,1H3. The van der Waals surface area contributed by atoms with Crippen LogP contribution in [0.25, 0.3) is 10.9 Å². The molecule has 0 unspecified atom stereocenters. The van der Waals surface area contributed by atoms with Crippen molar-refractivity contribution in [3.63, 3.8) is 0 Å². The van der Waals surface area contributed by atoms with E-state index in [0.29, 0.717) is 0 Å². The van der Waals surface area contributed by atoms with E-state index in [0.717, 1.165) is 16.5 Å². The predicted molar refractivity (Wildman–Crippen MR) is 46.6 cm³/mol. The predicted octanol–water partition coefficient (Wildman–Crippen LogP) is 2.69. The lowest BCUT2D eigenvalue weighted by Crippen LogP contribution is -1.79. The molecule has 12 heavy (non-hydrogen) atoms. The van der Waals surface area contributed by atoms with Gasteiger partial charge in [0.2, 0.25) is 0 Å². The van der Waals surface area contributed by atoms with Crippen LogP contribution >= 0.6 is 0 Å². The minimum atomic E-state index is -0.173. The van der Waals surface area contributed by atoms with Gasteiger partial charge in [0.15, 0.2) is 0 Å². The molecule has 2 rings (SSSR count). The van der Waals surface area contributed by atoms with Crippen molar-refractivity contribution in [2.75, 3.05) is 0 Å². The number of nitrogens with zero attached hydrogens (tertiary/aromatic N) is 1. The van der Waals surface area contributed by atoms with Crippen LogP contribution in [-0.4, -0.2) is 4.98 Å². The third-order valence-corrected chi connectivity index (χ3v) is 1.82. The van der Waals surface area contributed by atoms with Crippen LogP contribution in [0.1, 0.15) is 5.56 Å². The smallest absolute Gasteiger partial charge is 0.267 e. The highest BCUT2D eigenvalue weighted by atomic mass is 16.3. The molecule has 0 saturated heterocycles. The fraction of sp³-hybridized carbons (Fsp3) is 0.100. The summed E-state index contributed by atoms with van der Waals surface area (Å²) in [6.07, 6.45) is 0. The Bertz CT molecular complexity index is 386. The quantitative estimate of drug-likeness (QED) is 0.580. The Balaban J connectivity index is 2.80. The van der Waals surface area contributed by atoms with Crippen molar-refractivity contribution in [1.82, 2.24) is 4.98 Å². The minimum absolute atomic E-state index is 0.173. The molecule has 2 nitrogen and oxygen atoms in total. The number of aromatic nitrogens is 1. The Kier molecular flexibility index (Phi) is 1.47.